The molecule has 3 fully saturated rings. The van der Waals surface area contributed by atoms with Crippen molar-refractivity contribution in [3.05, 3.63) is 44.0 Å². The first-order chi connectivity index (χ1) is 14.8. The number of benzene rings is 1. The third-order valence-electron chi connectivity index (χ3n) is 5.23. The van der Waals surface area contributed by atoms with Gasteiger partial charge in [0.25, 0.3) is 11.4 Å². The van der Waals surface area contributed by atoms with Gasteiger partial charge in [-0.15, -0.1) is 0 Å². The summed E-state index contributed by atoms with van der Waals surface area (Å²) in [7, 11) is 0. The van der Waals surface area contributed by atoms with Gasteiger partial charge < -0.3 is 28.4 Å². The summed E-state index contributed by atoms with van der Waals surface area (Å²) in [6.07, 6.45) is -4.10. The number of nitrogens with zero attached hydrogens (tertiary/aromatic N) is 2. The first kappa shape index (κ1) is 22.5. The number of ether oxygens (including phenoxy) is 6. The molecule has 3 heterocycles. The maximum absolute atomic E-state index is 12.9. The maximum atomic E-state index is 12.9. The summed E-state index contributed by atoms with van der Waals surface area (Å²) >= 11 is 0. The van der Waals surface area contributed by atoms with Crippen LogP contribution in [0.4, 0.5) is 11.4 Å². The first-order valence-corrected chi connectivity index (χ1v) is 9.83. The number of hydrogen-bond acceptors (Lipinski definition) is 11. The van der Waals surface area contributed by atoms with Gasteiger partial charge in [-0.2, -0.15) is 0 Å². The van der Waals surface area contributed by atoms with E-state index in [1.165, 1.54) is 0 Å². The zero-order valence-corrected chi connectivity index (χ0v) is 17.7. The van der Waals surface area contributed by atoms with E-state index in [1.807, 2.05) is 0 Å². The number of carbonyl (C=O) groups is 1. The highest BCUT2D eigenvalue weighted by atomic mass is 16.9. The van der Waals surface area contributed by atoms with Crippen LogP contribution in [0.25, 0.3) is 0 Å². The van der Waals surface area contributed by atoms with Gasteiger partial charge in [0, 0.05) is 12.1 Å². The smallest absolute Gasteiger partial charge is 0.339 e. The molecule has 0 aromatic heterocycles. The second-order valence-electron chi connectivity index (χ2n) is 8.56. The Labute approximate surface area is 181 Å². The molecule has 0 unspecified atom stereocenters. The van der Waals surface area contributed by atoms with Crippen LogP contribution in [0.3, 0.4) is 0 Å². The lowest BCUT2D eigenvalue weighted by atomic mass is 10.1. The Kier molecular flexibility index (Phi) is 5.41. The normalized spacial score (nSPS) is 32.4. The highest BCUT2D eigenvalue weighted by molar-refractivity contribution is 5.91. The first-order valence-electron chi connectivity index (χ1n) is 9.83. The van der Waals surface area contributed by atoms with Crippen molar-refractivity contribution in [3.8, 4) is 0 Å². The number of rotatable bonds is 5. The van der Waals surface area contributed by atoms with E-state index >= 15 is 0 Å². The van der Waals surface area contributed by atoms with Crippen molar-refractivity contribution in [3.63, 3.8) is 0 Å². The molecule has 3 aliphatic rings. The minimum absolute atomic E-state index is 0.164. The van der Waals surface area contributed by atoms with Crippen LogP contribution in [0.2, 0.25) is 0 Å². The number of nitro groups is 2. The third-order valence-corrected chi connectivity index (χ3v) is 5.23. The molecule has 3 saturated heterocycles. The SMILES string of the molecule is CC1(C)O[C@H]2O[C@H]([C@H]3COC(C)(C)O3)[C@@H](OC(=O)c3cc([N+](=O)[O-])cc([N+](=O)[O-])c3)[C@H]2O1. The molecule has 0 spiro atoms. The van der Waals surface area contributed by atoms with Crippen molar-refractivity contribution in [1.29, 1.82) is 0 Å². The summed E-state index contributed by atoms with van der Waals surface area (Å²) < 4.78 is 34.5. The van der Waals surface area contributed by atoms with Crippen molar-refractivity contribution in [1.82, 2.24) is 0 Å². The van der Waals surface area contributed by atoms with Crippen LogP contribution in [0.15, 0.2) is 18.2 Å². The van der Waals surface area contributed by atoms with Crippen LogP contribution < -0.4 is 0 Å². The molecule has 0 saturated carbocycles. The van der Waals surface area contributed by atoms with Gasteiger partial charge in [0.05, 0.1) is 28.1 Å². The molecular weight excluding hydrogens is 432 g/mol. The van der Waals surface area contributed by atoms with Gasteiger partial charge in [-0.25, -0.2) is 4.79 Å². The molecule has 174 valence electrons. The summed E-state index contributed by atoms with van der Waals surface area (Å²) in [5.74, 6) is -2.88. The number of non-ortho nitro benzene ring substituents is 2. The number of carbonyl (C=O) groups excluding carboxylic acids is 1. The molecule has 1 aromatic carbocycles. The summed E-state index contributed by atoms with van der Waals surface area (Å²) in [5.41, 5.74) is -1.58. The van der Waals surface area contributed by atoms with Crippen LogP contribution in [-0.4, -0.2) is 64.7 Å². The van der Waals surface area contributed by atoms with E-state index in [0.29, 0.717) is 0 Å². The number of hydrogen-bond donors (Lipinski definition) is 0. The zero-order chi connectivity index (χ0) is 23.4. The van der Waals surface area contributed by atoms with Crippen molar-refractivity contribution >= 4 is 17.3 Å². The third kappa shape index (κ3) is 4.29. The number of esters is 1. The fourth-order valence-electron chi connectivity index (χ4n) is 3.93. The molecule has 0 N–H and O–H groups in total. The molecular formula is C19H22N2O11. The van der Waals surface area contributed by atoms with Gasteiger partial charge in [0.2, 0.25) is 0 Å². The van der Waals surface area contributed by atoms with E-state index in [1.54, 1.807) is 27.7 Å². The summed E-state index contributed by atoms with van der Waals surface area (Å²) in [6.45, 7) is 6.96. The Morgan fingerprint density at radius 2 is 1.59 bits per heavy atom. The quantitative estimate of drug-likeness (QED) is 0.364. The second kappa shape index (κ2) is 7.71. The predicted octanol–water partition coefficient (Wildman–Crippen LogP) is 2.06. The summed E-state index contributed by atoms with van der Waals surface area (Å²) in [6, 6.07) is 2.58. The van der Waals surface area contributed by atoms with Gasteiger partial charge in [-0.05, 0) is 27.7 Å². The zero-order valence-electron chi connectivity index (χ0n) is 17.7. The minimum atomic E-state index is -1.02. The van der Waals surface area contributed by atoms with Crippen LogP contribution in [-0.2, 0) is 28.4 Å². The highest BCUT2D eigenvalue weighted by Gasteiger charge is 2.60. The Balaban J connectivity index is 1.61. The maximum Gasteiger partial charge on any atom is 0.339 e. The van der Waals surface area contributed by atoms with Crippen molar-refractivity contribution in [2.75, 3.05) is 6.61 Å². The summed E-state index contributed by atoms with van der Waals surface area (Å²) in [5, 5.41) is 22.3. The van der Waals surface area contributed by atoms with Crippen LogP contribution in [0.1, 0.15) is 38.1 Å². The second-order valence-corrected chi connectivity index (χ2v) is 8.56. The fraction of sp³-hybridized carbons (Fsp3) is 0.632. The molecule has 5 atom stereocenters. The van der Waals surface area contributed by atoms with Gasteiger partial charge in [-0.3, -0.25) is 20.2 Å². The average Bonchev–Trinajstić information content (AvgIpc) is 3.31. The van der Waals surface area contributed by atoms with Crippen LogP contribution in [0, 0.1) is 20.2 Å². The number of nitro benzene ring substituents is 2. The number of fused-ring (bicyclic) bond motifs is 1. The largest absolute Gasteiger partial charge is 0.453 e. The van der Waals surface area contributed by atoms with Gasteiger partial charge in [0.1, 0.15) is 12.2 Å². The fourth-order valence-corrected chi connectivity index (χ4v) is 3.93. The molecule has 1 aromatic rings. The predicted molar refractivity (Wildman–Crippen MR) is 103 cm³/mol. The Bertz CT molecular complexity index is 930. The Morgan fingerprint density at radius 3 is 2.12 bits per heavy atom. The van der Waals surface area contributed by atoms with Crippen molar-refractivity contribution in [2.24, 2.45) is 0 Å². The van der Waals surface area contributed by atoms with Gasteiger partial charge in [-0.1, -0.05) is 0 Å². The highest BCUT2D eigenvalue weighted by Crippen LogP contribution is 2.42. The lowest BCUT2D eigenvalue weighted by Gasteiger charge is -2.28. The molecule has 3 aliphatic heterocycles. The molecule has 0 amide bonds. The Morgan fingerprint density at radius 1 is 0.969 bits per heavy atom. The van der Waals surface area contributed by atoms with E-state index < -0.39 is 69.5 Å². The molecule has 13 heteroatoms. The molecule has 13 nitrogen and oxygen atoms in total. The Hall–Kier alpha value is -2.71. The minimum Gasteiger partial charge on any atom is -0.453 e. The van der Waals surface area contributed by atoms with Gasteiger partial charge in [0.15, 0.2) is 30.1 Å². The molecule has 0 aliphatic carbocycles. The average molecular weight is 454 g/mol. The summed E-state index contributed by atoms with van der Waals surface area (Å²) in [4.78, 5) is 33.5. The van der Waals surface area contributed by atoms with Crippen LogP contribution >= 0.6 is 0 Å². The van der Waals surface area contributed by atoms with Crippen molar-refractivity contribution in [2.45, 2.75) is 70.0 Å². The van der Waals surface area contributed by atoms with E-state index in [9.17, 15) is 25.0 Å². The molecule has 0 radical (unpaired) electrons. The van der Waals surface area contributed by atoms with Crippen LogP contribution in [0.5, 0.6) is 0 Å². The lowest BCUT2D eigenvalue weighted by molar-refractivity contribution is -0.394. The monoisotopic (exact) mass is 454 g/mol. The molecule has 0 bridgehead atoms. The van der Waals surface area contributed by atoms with Crippen molar-refractivity contribution < 1.29 is 43.1 Å². The lowest BCUT2D eigenvalue weighted by Crippen LogP contribution is -2.45. The van der Waals surface area contributed by atoms with E-state index in [0.717, 1.165) is 18.2 Å². The standard InChI is InChI=1S/C19H22N2O11/c1-18(2)27-8-12(30-18)13-14(15-17(29-13)32-19(3,4)31-15)28-16(22)9-5-10(20(23)24)7-11(6-9)21(25)26/h5-7,12-15,17H,8H2,1-4H3/t12-,13-,14-,15-,17-/m1/s1. The van der Waals surface area contributed by atoms with Gasteiger partial charge >= 0.3 is 5.97 Å². The van der Waals surface area contributed by atoms with E-state index in [4.69, 9.17) is 28.4 Å². The van der Waals surface area contributed by atoms with E-state index in [-0.39, 0.29) is 12.2 Å². The molecule has 4 rings (SSSR count). The topological polar surface area (TPSA) is 159 Å². The molecule has 32 heavy (non-hydrogen) atoms. The van der Waals surface area contributed by atoms with E-state index in [2.05, 4.69) is 0 Å².